The lowest BCUT2D eigenvalue weighted by Crippen LogP contribution is -2.39. The van der Waals surface area contributed by atoms with E-state index in [0.717, 1.165) is 31.4 Å². The standard InChI is InChI=1S/C15H18FN3OS/c1-10(14(20)18-7-3-2-4-8-18)19-13-6-5-11(16)9-12(13)17-15(19)21/h5-6,9-10H,2-4,7-8H2,1H3,(H,17,21). The van der Waals surface area contributed by atoms with Crippen LogP contribution in [0.4, 0.5) is 4.39 Å². The maximum atomic E-state index is 13.3. The molecule has 21 heavy (non-hydrogen) atoms. The van der Waals surface area contributed by atoms with Crippen LogP contribution in [0.2, 0.25) is 0 Å². The summed E-state index contributed by atoms with van der Waals surface area (Å²) in [7, 11) is 0. The third kappa shape index (κ3) is 2.60. The molecule has 0 spiro atoms. The monoisotopic (exact) mass is 307 g/mol. The van der Waals surface area contributed by atoms with Gasteiger partial charge in [-0.15, -0.1) is 0 Å². The van der Waals surface area contributed by atoms with E-state index in [1.165, 1.54) is 18.6 Å². The molecule has 2 aromatic rings. The number of amides is 1. The van der Waals surface area contributed by atoms with E-state index in [9.17, 15) is 9.18 Å². The Hall–Kier alpha value is -1.69. The van der Waals surface area contributed by atoms with E-state index in [4.69, 9.17) is 12.2 Å². The Labute approximate surface area is 127 Å². The molecule has 112 valence electrons. The van der Waals surface area contributed by atoms with E-state index in [1.54, 1.807) is 10.6 Å². The van der Waals surface area contributed by atoms with Crippen molar-refractivity contribution in [1.82, 2.24) is 14.5 Å². The van der Waals surface area contributed by atoms with Crippen molar-refractivity contribution in [2.24, 2.45) is 0 Å². The highest BCUT2D eigenvalue weighted by Gasteiger charge is 2.25. The Bertz CT molecular complexity index is 730. The molecule has 1 aliphatic heterocycles. The number of nitrogens with one attached hydrogen (secondary N) is 1. The zero-order chi connectivity index (χ0) is 15.0. The molecule has 0 aliphatic carbocycles. The summed E-state index contributed by atoms with van der Waals surface area (Å²) in [5.74, 6) is -0.239. The van der Waals surface area contributed by atoms with Crippen LogP contribution in [0, 0.1) is 10.6 Å². The predicted molar refractivity (Wildman–Crippen MR) is 82.2 cm³/mol. The summed E-state index contributed by atoms with van der Waals surface area (Å²) in [6, 6.07) is 4.07. The molecule has 1 aromatic carbocycles. The van der Waals surface area contributed by atoms with Crippen molar-refractivity contribution in [3.63, 3.8) is 0 Å². The van der Waals surface area contributed by atoms with Gasteiger partial charge in [0, 0.05) is 13.1 Å². The summed E-state index contributed by atoms with van der Waals surface area (Å²) < 4.78 is 15.5. The first-order valence-corrected chi connectivity index (χ1v) is 7.67. The molecule has 4 nitrogen and oxygen atoms in total. The number of nitrogens with zero attached hydrogens (tertiary/aromatic N) is 2. The number of piperidine rings is 1. The van der Waals surface area contributed by atoms with Gasteiger partial charge in [-0.1, -0.05) is 0 Å². The number of H-pyrrole nitrogens is 1. The number of halogens is 1. The fourth-order valence-electron chi connectivity index (χ4n) is 2.98. The molecule has 2 heterocycles. The molecule has 0 radical (unpaired) electrons. The minimum atomic E-state index is -0.380. The maximum Gasteiger partial charge on any atom is 0.245 e. The van der Waals surface area contributed by atoms with Crippen LogP contribution < -0.4 is 0 Å². The van der Waals surface area contributed by atoms with Crippen LogP contribution in [-0.4, -0.2) is 33.4 Å². The molecule has 1 aliphatic rings. The summed E-state index contributed by atoms with van der Waals surface area (Å²) >= 11 is 5.31. The summed E-state index contributed by atoms with van der Waals surface area (Å²) in [6.45, 7) is 3.48. The van der Waals surface area contributed by atoms with Crippen molar-refractivity contribution in [3.05, 3.63) is 28.8 Å². The first-order chi connectivity index (χ1) is 10.1. The highest BCUT2D eigenvalue weighted by Crippen LogP contribution is 2.22. The summed E-state index contributed by atoms with van der Waals surface area (Å²) in [5, 5.41) is 0. The van der Waals surface area contributed by atoms with Gasteiger partial charge in [-0.05, 0) is 56.6 Å². The zero-order valence-electron chi connectivity index (χ0n) is 11.9. The SMILES string of the molecule is CC(C(=O)N1CCCCC1)n1c(=S)[nH]c2cc(F)ccc21. The van der Waals surface area contributed by atoms with E-state index in [2.05, 4.69) is 4.98 Å². The van der Waals surface area contributed by atoms with Gasteiger partial charge in [-0.25, -0.2) is 4.39 Å². The molecule has 1 atom stereocenters. The molecule has 6 heteroatoms. The number of fused-ring (bicyclic) bond motifs is 1. The second kappa shape index (κ2) is 5.60. The van der Waals surface area contributed by atoms with Crippen LogP contribution in [0.1, 0.15) is 32.2 Å². The van der Waals surface area contributed by atoms with Crippen LogP contribution in [0.3, 0.4) is 0 Å². The smallest absolute Gasteiger partial charge is 0.245 e. The van der Waals surface area contributed by atoms with Crippen molar-refractivity contribution < 1.29 is 9.18 Å². The number of hydrogen-bond donors (Lipinski definition) is 1. The Balaban J connectivity index is 1.97. The lowest BCUT2D eigenvalue weighted by Gasteiger charge is -2.29. The van der Waals surface area contributed by atoms with Gasteiger partial charge in [0.15, 0.2) is 4.77 Å². The number of carbonyl (C=O) groups is 1. The first kappa shape index (κ1) is 14.3. The van der Waals surface area contributed by atoms with Gasteiger partial charge >= 0.3 is 0 Å². The van der Waals surface area contributed by atoms with Gasteiger partial charge < -0.3 is 14.5 Å². The third-order valence-electron chi connectivity index (χ3n) is 4.09. The lowest BCUT2D eigenvalue weighted by molar-refractivity contribution is -0.135. The van der Waals surface area contributed by atoms with Crippen LogP contribution in [0.5, 0.6) is 0 Å². The van der Waals surface area contributed by atoms with Crippen molar-refractivity contribution in [3.8, 4) is 0 Å². The quantitative estimate of drug-likeness (QED) is 0.864. The molecule has 1 saturated heterocycles. The minimum absolute atomic E-state index is 0.0797. The summed E-state index contributed by atoms with van der Waals surface area (Å²) in [6.07, 6.45) is 3.30. The van der Waals surface area contributed by atoms with Crippen molar-refractivity contribution in [2.75, 3.05) is 13.1 Å². The normalized spacial score (nSPS) is 17.1. The third-order valence-corrected chi connectivity index (χ3v) is 4.39. The lowest BCUT2D eigenvalue weighted by atomic mass is 10.1. The predicted octanol–water partition coefficient (Wildman–Crippen LogP) is 3.41. The van der Waals surface area contributed by atoms with Crippen LogP contribution >= 0.6 is 12.2 Å². The highest BCUT2D eigenvalue weighted by atomic mass is 32.1. The number of imidazole rings is 1. The Morgan fingerprint density at radius 3 is 2.76 bits per heavy atom. The number of likely N-dealkylation sites (tertiary alicyclic amines) is 1. The molecule has 1 N–H and O–H groups in total. The molecular weight excluding hydrogens is 289 g/mol. The second-order valence-corrected chi connectivity index (χ2v) is 5.91. The number of aromatic amines is 1. The van der Waals surface area contributed by atoms with Gasteiger partial charge in [-0.3, -0.25) is 4.79 Å². The molecule has 1 fully saturated rings. The first-order valence-electron chi connectivity index (χ1n) is 7.26. The minimum Gasteiger partial charge on any atom is -0.341 e. The van der Waals surface area contributed by atoms with Crippen molar-refractivity contribution in [1.29, 1.82) is 0 Å². The van der Waals surface area contributed by atoms with Gasteiger partial charge in [-0.2, -0.15) is 0 Å². The average molecular weight is 307 g/mol. The number of hydrogen-bond acceptors (Lipinski definition) is 2. The molecule has 1 amide bonds. The zero-order valence-corrected chi connectivity index (χ0v) is 12.8. The van der Waals surface area contributed by atoms with Crippen LogP contribution in [0.15, 0.2) is 18.2 Å². The van der Waals surface area contributed by atoms with Crippen LogP contribution in [-0.2, 0) is 4.79 Å². The molecule has 3 rings (SSSR count). The molecule has 1 unspecified atom stereocenters. The fraction of sp³-hybridized carbons (Fsp3) is 0.467. The molecule has 0 saturated carbocycles. The average Bonchev–Trinajstić information content (AvgIpc) is 2.81. The Morgan fingerprint density at radius 2 is 2.05 bits per heavy atom. The molecule has 1 aromatic heterocycles. The van der Waals surface area contributed by atoms with Crippen molar-refractivity contribution in [2.45, 2.75) is 32.2 Å². The molecular formula is C15H18FN3OS. The number of rotatable bonds is 2. The number of aromatic nitrogens is 2. The van der Waals surface area contributed by atoms with Gasteiger partial charge in [0.2, 0.25) is 5.91 Å². The van der Waals surface area contributed by atoms with E-state index in [1.807, 2.05) is 11.8 Å². The Kier molecular flexibility index (Phi) is 3.80. The van der Waals surface area contributed by atoms with E-state index >= 15 is 0 Å². The van der Waals surface area contributed by atoms with Crippen molar-refractivity contribution >= 4 is 29.2 Å². The second-order valence-electron chi connectivity index (χ2n) is 5.52. The fourth-order valence-corrected chi connectivity index (χ4v) is 3.34. The van der Waals surface area contributed by atoms with E-state index < -0.39 is 0 Å². The van der Waals surface area contributed by atoms with Gasteiger partial charge in [0.05, 0.1) is 11.0 Å². The molecule has 0 bridgehead atoms. The number of carbonyl (C=O) groups excluding carboxylic acids is 1. The maximum absolute atomic E-state index is 13.3. The summed E-state index contributed by atoms with van der Waals surface area (Å²) in [4.78, 5) is 17.5. The topological polar surface area (TPSA) is 41.0 Å². The van der Waals surface area contributed by atoms with E-state index in [-0.39, 0.29) is 17.8 Å². The Morgan fingerprint density at radius 1 is 1.33 bits per heavy atom. The largest absolute Gasteiger partial charge is 0.341 e. The number of benzene rings is 1. The van der Waals surface area contributed by atoms with Crippen LogP contribution in [0.25, 0.3) is 11.0 Å². The van der Waals surface area contributed by atoms with E-state index in [0.29, 0.717) is 10.3 Å². The van der Waals surface area contributed by atoms with Gasteiger partial charge in [0.1, 0.15) is 11.9 Å². The van der Waals surface area contributed by atoms with Gasteiger partial charge in [0.25, 0.3) is 0 Å². The summed E-state index contributed by atoms with van der Waals surface area (Å²) in [5.41, 5.74) is 1.39. The highest BCUT2D eigenvalue weighted by molar-refractivity contribution is 7.71.